The van der Waals surface area contributed by atoms with Crippen LogP contribution in [0.25, 0.3) is 0 Å². The van der Waals surface area contributed by atoms with Gasteiger partial charge in [0.05, 0.1) is 17.5 Å². The van der Waals surface area contributed by atoms with Gasteiger partial charge in [-0.2, -0.15) is 11.8 Å². The molecule has 11 nitrogen and oxygen atoms in total. The minimum Gasteiger partial charge on any atom is -0.481 e. The first kappa shape index (κ1) is 26.8. The third kappa shape index (κ3) is 7.57. The van der Waals surface area contributed by atoms with E-state index in [0.717, 1.165) is 12.1 Å². The Balaban J connectivity index is 2.08. The number of nitrogens with two attached hydrogens (primary N) is 1. The van der Waals surface area contributed by atoms with Crippen LogP contribution in [0, 0.1) is 11.6 Å². The van der Waals surface area contributed by atoms with E-state index in [4.69, 9.17) is 10.8 Å². The minimum atomic E-state index is -1.25. The molecular formula is C20H25F2N5O6S. The van der Waals surface area contributed by atoms with Gasteiger partial charge in [0.2, 0.25) is 17.7 Å². The van der Waals surface area contributed by atoms with Crippen molar-refractivity contribution in [3.8, 4) is 0 Å². The fourth-order valence-electron chi connectivity index (χ4n) is 3.43. The first-order valence-corrected chi connectivity index (χ1v) is 11.5. The molecular weight excluding hydrogens is 476 g/mol. The first-order chi connectivity index (χ1) is 16.0. The zero-order valence-electron chi connectivity index (χ0n) is 18.2. The zero-order valence-corrected chi connectivity index (χ0v) is 19.0. The number of amides is 5. The maximum absolute atomic E-state index is 13.8. The molecule has 0 aromatic heterocycles. The van der Waals surface area contributed by atoms with Gasteiger partial charge in [-0.1, -0.05) is 0 Å². The summed E-state index contributed by atoms with van der Waals surface area (Å²) >= 11 is 1.23. The van der Waals surface area contributed by atoms with Gasteiger partial charge in [-0.25, -0.2) is 13.6 Å². The molecule has 0 saturated carbocycles. The van der Waals surface area contributed by atoms with E-state index in [9.17, 15) is 32.8 Å². The Bertz CT molecular complexity index is 965. The maximum atomic E-state index is 13.8. The van der Waals surface area contributed by atoms with Gasteiger partial charge in [0.15, 0.2) is 0 Å². The van der Waals surface area contributed by atoms with E-state index in [1.165, 1.54) is 16.7 Å². The number of nitrogens with one attached hydrogen (secondary N) is 3. The third-order valence-corrected chi connectivity index (χ3v) is 5.55. The molecule has 6 N–H and O–H groups in total. The molecule has 14 heteroatoms. The van der Waals surface area contributed by atoms with Crippen molar-refractivity contribution in [1.82, 2.24) is 15.5 Å². The van der Waals surface area contributed by atoms with Gasteiger partial charge in [-0.15, -0.1) is 0 Å². The lowest BCUT2D eigenvalue weighted by Gasteiger charge is -2.25. The van der Waals surface area contributed by atoms with E-state index >= 15 is 0 Å². The van der Waals surface area contributed by atoms with Gasteiger partial charge < -0.3 is 31.7 Å². The molecule has 1 saturated heterocycles. The fraction of sp³-hybridized carbons (Fsp3) is 0.450. The molecule has 0 radical (unpaired) electrons. The summed E-state index contributed by atoms with van der Waals surface area (Å²) in [6.07, 6.45) is 1.04. The van der Waals surface area contributed by atoms with Gasteiger partial charge in [0, 0.05) is 19.0 Å². The van der Waals surface area contributed by atoms with E-state index in [0.29, 0.717) is 6.07 Å². The van der Waals surface area contributed by atoms with Crippen LogP contribution in [-0.4, -0.2) is 76.4 Å². The quantitative estimate of drug-likeness (QED) is 0.306. The molecule has 0 aliphatic carbocycles. The smallest absolute Gasteiger partial charge is 0.319 e. The van der Waals surface area contributed by atoms with Crippen molar-refractivity contribution in [2.24, 2.45) is 5.73 Å². The summed E-state index contributed by atoms with van der Waals surface area (Å²) in [6.45, 7) is -0.0346. The summed E-state index contributed by atoms with van der Waals surface area (Å²) in [7, 11) is 0. The Kier molecular flexibility index (Phi) is 9.59. The summed E-state index contributed by atoms with van der Waals surface area (Å²) in [5.74, 6) is -4.94. The van der Waals surface area contributed by atoms with Gasteiger partial charge in [-0.05, 0) is 31.2 Å². The predicted octanol–water partition coefficient (Wildman–Crippen LogP) is 0.254. The van der Waals surface area contributed by atoms with Crippen LogP contribution < -0.4 is 21.7 Å². The number of anilines is 1. The maximum Gasteiger partial charge on any atom is 0.319 e. The van der Waals surface area contributed by atoms with Gasteiger partial charge >= 0.3 is 12.0 Å². The Labute approximate surface area is 197 Å². The molecule has 1 heterocycles. The molecule has 2 rings (SSSR count). The number of aliphatic carboxylic acids is 1. The van der Waals surface area contributed by atoms with E-state index in [-0.39, 0.29) is 36.7 Å². The van der Waals surface area contributed by atoms with Crippen LogP contribution in [0.2, 0.25) is 0 Å². The lowest BCUT2D eigenvalue weighted by atomic mass is 10.1. The van der Waals surface area contributed by atoms with Gasteiger partial charge in [0.25, 0.3) is 0 Å². The highest BCUT2D eigenvalue weighted by molar-refractivity contribution is 7.99. The largest absolute Gasteiger partial charge is 0.481 e. The number of carbonyl (C=O) groups is 5. The highest BCUT2D eigenvalue weighted by Crippen LogP contribution is 2.21. The second-order valence-corrected chi connectivity index (χ2v) is 8.41. The van der Waals surface area contributed by atoms with E-state index < -0.39 is 60.0 Å². The molecule has 5 amide bonds. The number of urea groups is 1. The number of nitrogens with zero attached hydrogens (tertiary/aromatic N) is 1. The molecule has 34 heavy (non-hydrogen) atoms. The van der Waals surface area contributed by atoms with Crippen molar-refractivity contribution < 1.29 is 37.9 Å². The Morgan fingerprint density at radius 1 is 1.26 bits per heavy atom. The summed E-state index contributed by atoms with van der Waals surface area (Å²) in [5, 5.41) is 16.0. The number of carboxylic acid groups (broad SMARTS) is 1. The zero-order chi connectivity index (χ0) is 25.4. The summed E-state index contributed by atoms with van der Waals surface area (Å²) in [6, 6.07) is -1.21. The Morgan fingerprint density at radius 2 is 1.97 bits per heavy atom. The van der Waals surface area contributed by atoms with Gasteiger partial charge in [0.1, 0.15) is 23.7 Å². The highest BCUT2D eigenvalue weighted by atomic mass is 32.2. The number of thioether (sulfide) groups is 1. The normalized spacial score (nSPS) is 18.1. The highest BCUT2D eigenvalue weighted by Gasteiger charge is 2.40. The molecule has 0 bridgehead atoms. The lowest BCUT2D eigenvalue weighted by Crippen LogP contribution is -2.52. The van der Waals surface area contributed by atoms with Crippen molar-refractivity contribution in [3.63, 3.8) is 0 Å². The second kappa shape index (κ2) is 12.2. The lowest BCUT2D eigenvalue weighted by molar-refractivity contribution is -0.138. The van der Waals surface area contributed by atoms with Crippen LogP contribution in [-0.2, 0) is 19.2 Å². The molecule has 0 spiro atoms. The average molecular weight is 502 g/mol. The fourth-order valence-corrected chi connectivity index (χ4v) is 3.84. The average Bonchev–Trinajstić information content (AvgIpc) is 3.16. The number of hydrogen-bond acceptors (Lipinski definition) is 6. The number of halogens is 2. The van der Waals surface area contributed by atoms with Crippen molar-refractivity contribution in [1.29, 1.82) is 0 Å². The number of benzene rings is 1. The molecule has 1 aliphatic heterocycles. The van der Waals surface area contributed by atoms with E-state index in [1.807, 2.05) is 0 Å². The van der Waals surface area contributed by atoms with Crippen molar-refractivity contribution in [2.75, 3.05) is 23.9 Å². The molecule has 0 unspecified atom stereocenters. The van der Waals surface area contributed by atoms with Crippen LogP contribution in [0.1, 0.15) is 19.3 Å². The third-order valence-electron chi connectivity index (χ3n) is 5.01. The number of carbonyl (C=O) groups excluding carboxylic acids is 4. The number of primary amides is 1. The number of likely N-dealkylation sites (tertiary alicyclic amines) is 1. The SMILES string of the molecule is CSCC(=O)N1C[C@@H](NC(=O)Nc2ccc(F)cc2F)C[C@H]1C(=O)N[C@@H](CCC(=O)O)C(N)=O. The van der Waals surface area contributed by atoms with Crippen molar-refractivity contribution >= 4 is 47.2 Å². The molecule has 1 aliphatic rings. The second-order valence-electron chi connectivity index (χ2n) is 7.55. The minimum absolute atomic E-state index is 0.0182. The van der Waals surface area contributed by atoms with Gasteiger partial charge in [-0.3, -0.25) is 19.2 Å². The Hall–Kier alpha value is -3.42. The van der Waals surface area contributed by atoms with Crippen LogP contribution >= 0.6 is 11.8 Å². The van der Waals surface area contributed by atoms with E-state index in [1.54, 1.807) is 6.26 Å². The molecule has 186 valence electrons. The summed E-state index contributed by atoms with van der Waals surface area (Å²) < 4.78 is 26.8. The number of rotatable bonds is 10. The first-order valence-electron chi connectivity index (χ1n) is 10.1. The topological polar surface area (TPSA) is 171 Å². The molecule has 1 aromatic carbocycles. The number of hydrogen-bond donors (Lipinski definition) is 5. The van der Waals surface area contributed by atoms with E-state index in [2.05, 4.69) is 16.0 Å². The predicted molar refractivity (Wildman–Crippen MR) is 119 cm³/mol. The molecule has 1 aromatic rings. The molecule has 1 fully saturated rings. The van der Waals surface area contributed by atoms with Crippen molar-refractivity contribution in [2.45, 2.75) is 37.4 Å². The summed E-state index contributed by atoms with van der Waals surface area (Å²) in [5.41, 5.74) is 4.99. The van der Waals surface area contributed by atoms with Crippen LogP contribution in [0.15, 0.2) is 18.2 Å². The van der Waals surface area contributed by atoms with Crippen LogP contribution in [0.4, 0.5) is 19.3 Å². The molecule has 3 atom stereocenters. The standard InChI is InChI=1S/C20H25F2N5O6S/c1-34-9-16(28)27-8-11(24-20(33)26-13-3-2-10(21)6-12(13)22)7-15(27)19(32)25-14(18(23)31)4-5-17(29)30/h2-3,6,11,14-15H,4-5,7-9H2,1H3,(H2,23,31)(H,25,32)(H,29,30)(H2,24,26,33)/t11-,14-,15-/m0/s1. The van der Waals surface area contributed by atoms with Crippen molar-refractivity contribution in [3.05, 3.63) is 29.8 Å². The van der Waals surface area contributed by atoms with Crippen LogP contribution in [0.5, 0.6) is 0 Å². The summed E-state index contributed by atoms with van der Waals surface area (Å²) in [4.78, 5) is 61.3. The monoisotopic (exact) mass is 501 g/mol. The van der Waals surface area contributed by atoms with Crippen LogP contribution in [0.3, 0.4) is 0 Å². The number of carboxylic acids is 1. The Morgan fingerprint density at radius 3 is 2.56 bits per heavy atom.